The van der Waals surface area contributed by atoms with E-state index in [9.17, 15) is 0 Å². The normalized spacial score (nSPS) is 12.4. The average molecular weight is 273 g/mol. The summed E-state index contributed by atoms with van der Waals surface area (Å²) in [5.74, 6) is 1.05. The molecule has 2 rings (SSSR count). The van der Waals surface area contributed by atoms with Crippen LogP contribution in [0.25, 0.3) is 0 Å². The lowest BCUT2D eigenvalue weighted by molar-refractivity contribution is 0.765. The van der Waals surface area contributed by atoms with E-state index in [-0.39, 0.29) is 0 Å². The van der Waals surface area contributed by atoms with Crippen LogP contribution in [-0.4, -0.2) is 5.88 Å². The Balaban J connectivity index is 2.21. The first-order valence-corrected chi connectivity index (χ1v) is 7.31. The molecule has 0 N–H and O–H groups in total. The zero-order chi connectivity index (χ0) is 13.8. The Morgan fingerprint density at radius 3 is 1.95 bits per heavy atom. The molecule has 1 heteroatoms. The van der Waals surface area contributed by atoms with E-state index < -0.39 is 0 Å². The van der Waals surface area contributed by atoms with Crippen molar-refractivity contribution in [1.82, 2.24) is 0 Å². The molecule has 100 valence electrons. The molecule has 0 amide bonds. The molecule has 0 saturated heterocycles. The summed E-state index contributed by atoms with van der Waals surface area (Å²) in [5.41, 5.74) is 6.66. The monoisotopic (exact) mass is 272 g/mol. The van der Waals surface area contributed by atoms with Gasteiger partial charge in [-0.3, -0.25) is 0 Å². The Bertz CT molecular complexity index is 520. The summed E-state index contributed by atoms with van der Waals surface area (Å²) in [6.45, 7) is 6.42. The molecule has 2 aromatic carbocycles. The van der Waals surface area contributed by atoms with Gasteiger partial charge in [-0.15, -0.1) is 11.6 Å². The number of aryl methyl sites for hydroxylation is 3. The molecule has 1 atom stereocenters. The van der Waals surface area contributed by atoms with E-state index in [1.807, 2.05) is 0 Å². The van der Waals surface area contributed by atoms with Crippen molar-refractivity contribution in [2.45, 2.75) is 33.1 Å². The van der Waals surface area contributed by atoms with Gasteiger partial charge in [-0.2, -0.15) is 0 Å². The standard InChI is InChI=1S/C18H21Cl/c1-13-4-6-17(7-5-13)18(12-19)11-16-9-14(2)8-15(3)10-16/h4-10,18H,11-12H2,1-3H3. The van der Waals surface area contributed by atoms with Gasteiger partial charge < -0.3 is 0 Å². The largest absolute Gasteiger partial charge is 0.126 e. The van der Waals surface area contributed by atoms with Crippen LogP contribution in [0, 0.1) is 20.8 Å². The van der Waals surface area contributed by atoms with Gasteiger partial charge in [0.1, 0.15) is 0 Å². The van der Waals surface area contributed by atoms with E-state index in [4.69, 9.17) is 11.6 Å². The van der Waals surface area contributed by atoms with Gasteiger partial charge in [-0.05, 0) is 38.3 Å². The predicted molar refractivity (Wildman–Crippen MR) is 84.3 cm³/mol. The molecular formula is C18H21Cl. The second-order valence-electron chi connectivity index (χ2n) is 5.46. The highest BCUT2D eigenvalue weighted by atomic mass is 35.5. The number of hydrogen-bond acceptors (Lipinski definition) is 0. The minimum absolute atomic E-state index is 0.392. The lowest BCUT2D eigenvalue weighted by Gasteiger charge is -2.15. The van der Waals surface area contributed by atoms with E-state index >= 15 is 0 Å². The van der Waals surface area contributed by atoms with Gasteiger partial charge in [0.15, 0.2) is 0 Å². The summed E-state index contributed by atoms with van der Waals surface area (Å²) < 4.78 is 0. The molecule has 1 unspecified atom stereocenters. The molecule has 0 bridgehead atoms. The van der Waals surface area contributed by atoms with E-state index in [1.54, 1.807) is 0 Å². The molecule has 0 aromatic heterocycles. The van der Waals surface area contributed by atoms with Crippen molar-refractivity contribution in [1.29, 1.82) is 0 Å². The van der Waals surface area contributed by atoms with Crippen molar-refractivity contribution in [2.75, 3.05) is 5.88 Å². The first-order chi connectivity index (χ1) is 9.08. The fourth-order valence-corrected chi connectivity index (χ4v) is 2.86. The van der Waals surface area contributed by atoms with E-state index in [0.29, 0.717) is 11.8 Å². The van der Waals surface area contributed by atoms with Crippen molar-refractivity contribution in [3.05, 3.63) is 70.3 Å². The smallest absolute Gasteiger partial charge is 0.0295 e. The third kappa shape index (κ3) is 3.84. The summed E-state index contributed by atoms with van der Waals surface area (Å²) in [6.07, 6.45) is 1.01. The minimum Gasteiger partial charge on any atom is -0.126 e. The Hall–Kier alpha value is -1.27. The van der Waals surface area contributed by atoms with Crippen LogP contribution in [0.4, 0.5) is 0 Å². The average Bonchev–Trinajstić information content (AvgIpc) is 2.36. The number of alkyl halides is 1. The van der Waals surface area contributed by atoms with Crippen LogP contribution >= 0.6 is 11.6 Å². The highest BCUT2D eigenvalue weighted by molar-refractivity contribution is 6.18. The molecule has 0 spiro atoms. The summed E-state index contributed by atoms with van der Waals surface area (Å²) in [4.78, 5) is 0. The number of hydrogen-bond donors (Lipinski definition) is 0. The molecular weight excluding hydrogens is 252 g/mol. The summed E-state index contributed by atoms with van der Waals surface area (Å²) >= 11 is 6.17. The summed E-state index contributed by atoms with van der Waals surface area (Å²) in [5, 5.41) is 0. The molecule has 0 heterocycles. The third-order valence-electron chi connectivity index (χ3n) is 3.50. The summed E-state index contributed by atoms with van der Waals surface area (Å²) in [7, 11) is 0. The van der Waals surface area contributed by atoms with Gasteiger partial charge in [0.05, 0.1) is 0 Å². The van der Waals surface area contributed by atoms with Crippen LogP contribution in [0.5, 0.6) is 0 Å². The van der Waals surface area contributed by atoms with Crippen LogP contribution in [0.1, 0.15) is 33.7 Å². The summed E-state index contributed by atoms with van der Waals surface area (Å²) in [6, 6.07) is 15.5. The molecule has 0 aliphatic heterocycles. The van der Waals surface area contributed by atoms with Crippen LogP contribution in [0.15, 0.2) is 42.5 Å². The highest BCUT2D eigenvalue weighted by Crippen LogP contribution is 2.24. The van der Waals surface area contributed by atoms with E-state index in [2.05, 4.69) is 63.2 Å². The van der Waals surface area contributed by atoms with Crippen molar-refractivity contribution in [3.8, 4) is 0 Å². The van der Waals surface area contributed by atoms with Gasteiger partial charge in [-0.25, -0.2) is 0 Å². The highest BCUT2D eigenvalue weighted by Gasteiger charge is 2.11. The Labute approximate surface area is 121 Å². The van der Waals surface area contributed by atoms with Gasteiger partial charge in [0.2, 0.25) is 0 Å². The van der Waals surface area contributed by atoms with Crippen LogP contribution < -0.4 is 0 Å². The zero-order valence-electron chi connectivity index (χ0n) is 11.9. The van der Waals surface area contributed by atoms with Crippen LogP contribution in [0.2, 0.25) is 0 Å². The van der Waals surface area contributed by atoms with Crippen molar-refractivity contribution in [2.24, 2.45) is 0 Å². The van der Waals surface area contributed by atoms with Crippen LogP contribution in [-0.2, 0) is 6.42 Å². The lowest BCUT2D eigenvalue weighted by Crippen LogP contribution is -2.05. The van der Waals surface area contributed by atoms with Crippen molar-refractivity contribution < 1.29 is 0 Å². The maximum atomic E-state index is 6.17. The second-order valence-corrected chi connectivity index (χ2v) is 5.77. The molecule has 0 aliphatic rings. The Kier molecular flexibility index (Phi) is 4.66. The number of benzene rings is 2. The Morgan fingerprint density at radius 2 is 1.42 bits per heavy atom. The van der Waals surface area contributed by atoms with Crippen LogP contribution in [0.3, 0.4) is 0 Å². The second kappa shape index (κ2) is 6.25. The zero-order valence-corrected chi connectivity index (χ0v) is 12.7. The van der Waals surface area contributed by atoms with Gasteiger partial charge in [0.25, 0.3) is 0 Å². The Morgan fingerprint density at radius 1 is 0.842 bits per heavy atom. The van der Waals surface area contributed by atoms with Crippen molar-refractivity contribution in [3.63, 3.8) is 0 Å². The third-order valence-corrected chi connectivity index (χ3v) is 3.87. The fourth-order valence-electron chi connectivity index (χ4n) is 2.57. The first kappa shape index (κ1) is 14.1. The number of halogens is 1. The molecule has 0 fully saturated rings. The predicted octanol–water partition coefficient (Wildman–Crippen LogP) is 5.18. The maximum absolute atomic E-state index is 6.17. The molecule has 0 radical (unpaired) electrons. The SMILES string of the molecule is Cc1ccc(C(CCl)Cc2cc(C)cc(C)c2)cc1. The molecule has 19 heavy (non-hydrogen) atoms. The molecule has 0 saturated carbocycles. The van der Waals surface area contributed by atoms with Gasteiger partial charge in [0, 0.05) is 11.8 Å². The maximum Gasteiger partial charge on any atom is 0.0295 e. The van der Waals surface area contributed by atoms with Gasteiger partial charge in [-0.1, -0.05) is 59.2 Å². The number of rotatable bonds is 4. The fraction of sp³-hybridized carbons (Fsp3) is 0.333. The minimum atomic E-state index is 0.392. The first-order valence-electron chi connectivity index (χ1n) is 6.78. The van der Waals surface area contributed by atoms with E-state index in [1.165, 1.54) is 27.8 Å². The van der Waals surface area contributed by atoms with Gasteiger partial charge >= 0.3 is 0 Å². The molecule has 2 aromatic rings. The quantitative estimate of drug-likeness (QED) is 0.673. The van der Waals surface area contributed by atoms with E-state index in [0.717, 1.165) is 6.42 Å². The molecule has 0 nitrogen and oxygen atoms in total. The van der Waals surface area contributed by atoms with Crippen molar-refractivity contribution >= 4 is 11.6 Å². The molecule has 0 aliphatic carbocycles. The topological polar surface area (TPSA) is 0 Å². The lowest BCUT2D eigenvalue weighted by atomic mass is 9.92.